The summed E-state index contributed by atoms with van der Waals surface area (Å²) in [6.07, 6.45) is 1.90. The monoisotopic (exact) mass is 187 g/mol. The van der Waals surface area contributed by atoms with Gasteiger partial charge in [0.15, 0.2) is 0 Å². The molecule has 0 saturated heterocycles. The van der Waals surface area contributed by atoms with E-state index in [4.69, 9.17) is 4.74 Å². The Kier molecular flexibility index (Phi) is 2.46. The van der Waals surface area contributed by atoms with Crippen molar-refractivity contribution in [1.82, 2.24) is 4.98 Å². The average molecular weight is 187 g/mol. The van der Waals surface area contributed by atoms with E-state index in [9.17, 15) is 0 Å². The third kappa shape index (κ3) is 1.49. The predicted molar refractivity (Wildman–Crippen MR) is 57.2 cm³/mol. The standard InChI is InChI=1S/C12H13NO/c1-9-7-13-12-6-4-3-5-10(12)11(9)8-14-2/h3-7H,8H2,1-2H3. The Morgan fingerprint density at radius 3 is 2.86 bits per heavy atom. The first-order chi connectivity index (χ1) is 6.83. The number of aromatic nitrogens is 1. The Labute approximate surface area is 83.5 Å². The highest BCUT2D eigenvalue weighted by atomic mass is 16.5. The highest BCUT2D eigenvalue weighted by Crippen LogP contribution is 2.20. The van der Waals surface area contributed by atoms with Gasteiger partial charge in [-0.1, -0.05) is 18.2 Å². The van der Waals surface area contributed by atoms with E-state index in [0.29, 0.717) is 6.61 Å². The van der Waals surface area contributed by atoms with Crippen molar-refractivity contribution in [3.8, 4) is 0 Å². The Bertz CT molecular complexity index is 451. The van der Waals surface area contributed by atoms with Gasteiger partial charge in [-0.3, -0.25) is 4.98 Å². The molecule has 1 aromatic heterocycles. The van der Waals surface area contributed by atoms with Crippen LogP contribution in [0.1, 0.15) is 11.1 Å². The number of benzene rings is 1. The lowest BCUT2D eigenvalue weighted by Gasteiger charge is -2.07. The molecule has 0 aliphatic carbocycles. The average Bonchev–Trinajstić information content (AvgIpc) is 2.23. The number of hydrogen-bond acceptors (Lipinski definition) is 2. The van der Waals surface area contributed by atoms with Gasteiger partial charge in [0.25, 0.3) is 0 Å². The molecule has 0 atom stereocenters. The Morgan fingerprint density at radius 2 is 2.07 bits per heavy atom. The van der Waals surface area contributed by atoms with Crippen molar-refractivity contribution in [3.63, 3.8) is 0 Å². The SMILES string of the molecule is COCc1c(C)cnc2ccccc12. The summed E-state index contributed by atoms with van der Waals surface area (Å²) >= 11 is 0. The first-order valence-electron chi connectivity index (χ1n) is 4.65. The van der Waals surface area contributed by atoms with Crippen LogP contribution in [0.4, 0.5) is 0 Å². The number of hydrogen-bond donors (Lipinski definition) is 0. The molecule has 2 nitrogen and oxygen atoms in total. The molecule has 1 aromatic carbocycles. The van der Waals surface area contributed by atoms with Crippen LogP contribution in [0.2, 0.25) is 0 Å². The second-order valence-corrected chi connectivity index (χ2v) is 3.37. The van der Waals surface area contributed by atoms with E-state index in [2.05, 4.69) is 18.0 Å². The fraction of sp³-hybridized carbons (Fsp3) is 0.250. The molecule has 0 saturated carbocycles. The first kappa shape index (κ1) is 9.16. The minimum Gasteiger partial charge on any atom is -0.380 e. The lowest BCUT2D eigenvalue weighted by molar-refractivity contribution is 0.185. The third-order valence-electron chi connectivity index (χ3n) is 2.39. The molecule has 0 aliphatic heterocycles. The Morgan fingerprint density at radius 1 is 1.29 bits per heavy atom. The molecular weight excluding hydrogens is 174 g/mol. The number of fused-ring (bicyclic) bond motifs is 1. The number of rotatable bonds is 2. The van der Waals surface area contributed by atoms with E-state index in [1.807, 2.05) is 24.4 Å². The minimum absolute atomic E-state index is 0.648. The van der Waals surface area contributed by atoms with Crippen molar-refractivity contribution in [2.24, 2.45) is 0 Å². The van der Waals surface area contributed by atoms with Crippen LogP contribution in [0.25, 0.3) is 10.9 Å². The molecule has 0 spiro atoms. The molecular formula is C12H13NO. The van der Waals surface area contributed by atoms with Gasteiger partial charge in [-0.25, -0.2) is 0 Å². The molecule has 0 aliphatic rings. The van der Waals surface area contributed by atoms with Crippen LogP contribution >= 0.6 is 0 Å². The summed E-state index contributed by atoms with van der Waals surface area (Å²) in [6, 6.07) is 8.14. The second-order valence-electron chi connectivity index (χ2n) is 3.37. The summed E-state index contributed by atoms with van der Waals surface area (Å²) in [7, 11) is 1.72. The highest BCUT2D eigenvalue weighted by Gasteiger charge is 2.04. The Hall–Kier alpha value is -1.41. The maximum atomic E-state index is 5.19. The maximum absolute atomic E-state index is 5.19. The predicted octanol–water partition coefficient (Wildman–Crippen LogP) is 2.69. The van der Waals surface area contributed by atoms with E-state index in [0.717, 1.165) is 5.52 Å². The Balaban J connectivity index is 2.69. The van der Waals surface area contributed by atoms with Crippen molar-refractivity contribution < 1.29 is 4.74 Å². The summed E-state index contributed by atoms with van der Waals surface area (Å²) < 4.78 is 5.19. The summed E-state index contributed by atoms with van der Waals surface area (Å²) in [5, 5.41) is 1.19. The van der Waals surface area contributed by atoms with Gasteiger partial charge in [-0.05, 0) is 24.1 Å². The topological polar surface area (TPSA) is 22.1 Å². The van der Waals surface area contributed by atoms with Crippen LogP contribution in [0.3, 0.4) is 0 Å². The number of nitrogens with zero attached hydrogens (tertiary/aromatic N) is 1. The molecule has 1 heterocycles. The molecule has 0 bridgehead atoms. The quantitative estimate of drug-likeness (QED) is 0.721. The van der Waals surface area contributed by atoms with Crippen molar-refractivity contribution in [2.45, 2.75) is 13.5 Å². The number of para-hydroxylation sites is 1. The molecule has 0 amide bonds. The van der Waals surface area contributed by atoms with Crippen molar-refractivity contribution in [2.75, 3.05) is 7.11 Å². The van der Waals surface area contributed by atoms with Gasteiger partial charge >= 0.3 is 0 Å². The molecule has 2 rings (SSSR count). The lowest BCUT2D eigenvalue weighted by atomic mass is 10.1. The van der Waals surface area contributed by atoms with Crippen LogP contribution in [0, 0.1) is 6.92 Å². The molecule has 0 fully saturated rings. The number of pyridine rings is 1. The van der Waals surface area contributed by atoms with E-state index in [1.54, 1.807) is 7.11 Å². The summed E-state index contributed by atoms with van der Waals surface area (Å²) in [5.74, 6) is 0. The van der Waals surface area contributed by atoms with Crippen LogP contribution in [-0.4, -0.2) is 12.1 Å². The fourth-order valence-corrected chi connectivity index (χ4v) is 1.63. The fourth-order valence-electron chi connectivity index (χ4n) is 1.63. The van der Waals surface area contributed by atoms with E-state index >= 15 is 0 Å². The normalized spacial score (nSPS) is 10.7. The smallest absolute Gasteiger partial charge is 0.0722 e. The number of aryl methyl sites for hydroxylation is 1. The van der Waals surface area contributed by atoms with Crippen LogP contribution in [-0.2, 0) is 11.3 Å². The van der Waals surface area contributed by atoms with Crippen LogP contribution in [0.15, 0.2) is 30.5 Å². The van der Waals surface area contributed by atoms with E-state index in [-0.39, 0.29) is 0 Å². The minimum atomic E-state index is 0.648. The molecule has 72 valence electrons. The third-order valence-corrected chi connectivity index (χ3v) is 2.39. The van der Waals surface area contributed by atoms with Gasteiger partial charge in [-0.2, -0.15) is 0 Å². The first-order valence-corrected chi connectivity index (χ1v) is 4.65. The molecule has 0 radical (unpaired) electrons. The van der Waals surface area contributed by atoms with Gasteiger partial charge < -0.3 is 4.74 Å². The maximum Gasteiger partial charge on any atom is 0.0722 e. The molecule has 0 unspecified atom stereocenters. The summed E-state index contributed by atoms with van der Waals surface area (Å²) in [4.78, 5) is 4.37. The van der Waals surface area contributed by atoms with E-state index < -0.39 is 0 Å². The van der Waals surface area contributed by atoms with E-state index in [1.165, 1.54) is 16.5 Å². The highest BCUT2D eigenvalue weighted by molar-refractivity contribution is 5.82. The van der Waals surface area contributed by atoms with Crippen molar-refractivity contribution >= 4 is 10.9 Å². The van der Waals surface area contributed by atoms with Gasteiger partial charge in [0, 0.05) is 18.7 Å². The zero-order chi connectivity index (χ0) is 9.97. The van der Waals surface area contributed by atoms with Crippen molar-refractivity contribution in [3.05, 3.63) is 41.6 Å². The van der Waals surface area contributed by atoms with Gasteiger partial charge in [-0.15, -0.1) is 0 Å². The summed E-state index contributed by atoms with van der Waals surface area (Å²) in [5.41, 5.74) is 3.45. The lowest BCUT2D eigenvalue weighted by Crippen LogP contribution is -1.95. The molecule has 14 heavy (non-hydrogen) atoms. The zero-order valence-corrected chi connectivity index (χ0v) is 8.45. The zero-order valence-electron chi connectivity index (χ0n) is 8.45. The van der Waals surface area contributed by atoms with Gasteiger partial charge in [0.2, 0.25) is 0 Å². The largest absolute Gasteiger partial charge is 0.380 e. The molecule has 0 N–H and O–H groups in total. The second kappa shape index (κ2) is 3.76. The van der Waals surface area contributed by atoms with Crippen LogP contribution in [0.5, 0.6) is 0 Å². The molecule has 2 heteroatoms. The van der Waals surface area contributed by atoms with Gasteiger partial charge in [0.05, 0.1) is 12.1 Å². The summed E-state index contributed by atoms with van der Waals surface area (Å²) in [6.45, 7) is 2.71. The number of methoxy groups -OCH3 is 1. The van der Waals surface area contributed by atoms with Crippen molar-refractivity contribution in [1.29, 1.82) is 0 Å². The van der Waals surface area contributed by atoms with Gasteiger partial charge in [0.1, 0.15) is 0 Å². The molecule has 2 aromatic rings. The number of ether oxygens (including phenoxy) is 1. The van der Waals surface area contributed by atoms with Crippen LogP contribution < -0.4 is 0 Å².